The van der Waals surface area contributed by atoms with E-state index < -0.39 is 0 Å². The summed E-state index contributed by atoms with van der Waals surface area (Å²) < 4.78 is 0. The molecule has 0 spiro atoms. The Hall–Kier alpha value is -0.911. The number of rotatable bonds is 2. The van der Waals surface area contributed by atoms with Crippen molar-refractivity contribution >= 4 is 71.0 Å². The largest absolute Gasteiger partial charge is 0.113 e. The second-order valence-electron chi connectivity index (χ2n) is 6.29. The Bertz CT molecular complexity index is 610. The van der Waals surface area contributed by atoms with Crippen LogP contribution in [0.3, 0.4) is 0 Å². The average Bonchev–Trinajstić information content (AvgIpc) is 3.31. The zero-order valence-corrected chi connectivity index (χ0v) is 13.5. The minimum absolute atomic E-state index is 0.103. The molecule has 0 saturated carbocycles. The topological polar surface area (TPSA) is 0 Å². The van der Waals surface area contributed by atoms with Gasteiger partial charge in [0.2, 0.25) is 0 Å². The SMILES string of the molecule is [B]1[B][B][B][B]C2(c3ccccc3)[B]C2(c2ccccc2)[B][B][B][B]1. The van der Waals surface area contributed by atoms with Gasteiger partial charge in [0.15, 0.2) is 0 Å². The van der Waals surface area contributed by atoms with Crippen molar-refractivity contribution in [2.24, 2.45) is 0 Å². The number of fused-ring (bicyclic) bond motifs is 1. The van der Waals surface area contributed by atoms with E-state index in [0.717, 1.165) is 0 Å². The van der Waals surface area contributed by atoms with Gasteiger partial charge in [-0.05, 0) is 0 Å². The fraction of sp³-hybridized carbons (Fsp3) is 0.143. The van der Waals surface area contributed by atoms with E-state index in [0.29, 0.717) is 0 Å². The molecule has 2 atom stereocenters. The third-order valence-corrected chi connectivity index (χ3v) is 4.94. The zero-order chi connectivity index (χ0) is 16.3. The van der Waals surface area contributed by atoms with Crippen LogP contribution in [-0.2, 0) is 10.4 Å². The van der Waals surface area contributed by atoms with Gasteiger partial charge in [0.25, 0.3) is 0 Å². The monoisotopic (exact) mass is 288 g/mol. The van der Waals surface area contributed by atoms with Gasteiger partial charge in [0, 0.05) is 49.4 Å². The smallest absolute Gasteiger partial charge is 0.0728 e. The van der Waals surface area contributed by atoms with Crippen LogP contribution < -0.4 is 0 Å². The molecule has 2 aromatic carbocycles. The van der Waals surface area contributed by atoms with Crippen LogP contribution in [0, 0.1) is 0 Å². The number of benzene rings is 2. The van der Waals surface area contributed by atoms with Gasteiger partial charge in [-0.1, -0.05) is 82.2 Å². The van der Waals surface area contributed by atoms with Gasteiger partial charge in [-0.3, -0.25) is 0 Å². The minimum atomic E-state index is -0.103. The Morgan fingerprint density at radius 2 is 0.833 bits per heavy atom. The van der Waals surface area contributed by atoms with Gasteiger partial charge in [0.05, 0.1) is 14.3 Å². The maximum Gasteiger partial charge on any atom is 0.113 e. The predicted octanol–water partition coefficient (Wildman–Crippen LogP) is -0.918. The van der Waals surface area contributed by atoms with Crippen molar-refractivity contribution in [1.82, 2.24) is 0 Å². The molecule has 0 amide bonds. The molecule has 4 rings (SSSR count). The van der Waals surface area contributed by atoms with Crippen LogP contribution in [0.4, 0.5) is 0 Å². The van der Waals surface area contributed by atoms with E-state index in [2.05, 4.69) is 132 Å². The Labute approximate surface area is 153 Å². The normalized spacial score (nSPS) is 27.5. The predicted molar refractivity (Wildman–Crippen MR) is 114 cm³/mol. The van der Waals surface area contributed by atoms with Crippen molar-refractivity contribution in [2.45, 2.75) is 10.4 Å². The number of hydrogen-bond donors (Lipinski definition) is 0. The zero-order valence-electron chi connectivity index (χ0n) is 13.5. The molecule has 0 aromatic heterocycles. The van der Waals surface area contributed by atoms with Crippen molar-refractivity contribution in [3.05, 3.63) is 71.8 Å². The fourth-order valence-electron chi connectivity index (χ4n) is 3.70. The second kappa shape index (κ2) is 7.14. The summed E-state index contributed by atoms with van der Waals surface area (Å²) >= 11 is 0. The van der Waals surface area contributed by atoms with Crippen LogP contribution in [0.15, 0.2) is 60.7 Å². The first-order valence-corrected chi connectivity index (χ1v) is 8.39. The van der Waals surface area contributed by atoms with Crippen molar-refractivity contribution in [1.29, 1.82) is 0 Å². The maximum atomic E-state index is 2.45. The summed E-state index contributed by atoms with van der Waals surface area (Å²) in [7, 11) is 21.8. The van der Waals surface area contributed by atoms with E-state index in [9.17, 15) is 0 Å². The molecule has 0 bridgehead atoms. The Morgan fingerprint density at radius 1 is 0.458 bits per heavy atom. The lowest BCUT2D eigenvalue weighted by atomic mass is 8.89. The molecule has 10 radical (unpaired) electrons. The second-order valence-corrected chi connectivity index (χ2v) is 6.29. The standard InChI is InChI=1S/C14H10B10/c1-3-7-11(8-4-1)13-14(15-13,12-9-5-2-6-10-12)17-19-21-23-24-22-20-18-16-13/h1-10H. The first-order chi connectivity index (χ1) is 11.9. The van der Waals surface area contributed by atoms with Gasteiger partial charge in [-0.2, -0.15) is 0 Å². The quantitative estimate of drug-likeness (QED) is 0.627. The van der Waals surface area contributed by atoms with Crippen molar-refractivity contribution < 1.29 is 0 Å². The highest BCUT2D eigenvalue weighted by molar-refractivity contribution is 7.68. The molecule has 96 valence electrons. The third-order valence-electron chi connectivity index (χ3n) is 4.94. The van der Waals surface area contributed by atoms with Crippen LogP contribution in [0.5, 0.6) is 0 Å². The Balaban J connectivity index is 1.74. The van der Waals surface area contributed by atoms with Gasteiger partial charge in [-0.15, -0.1) is 0 Å². The van der Waals surface area contributed by atoms with E-state index in [1.807, 2.05) is 0 Å². The minimum Gasteiger partial charge on any atom is -0.0728 e. The molecule has 2 aromatic rings. The molecule has 0 aliphatic carbocycles. The van der Waals surface area contributed by atoms with Crippen molar-refractivity contribution in [3.63, 3.8) is 0 Å². The maximum absolute atomic E-state index is 2.45. The highest BCUT2D eigenvalue weighted by atomic mass is 14.4. The van der Waals surface area contributed by atoms with E-state index >= 15 is 0 Å². The molecule has 2 fully saturated rings. The van der Waals surface area contributed by atoms with Gasteiger partial charge in [-0.25, -0.2) is 0 Å². The molecule has 2 unspecified atom stereocenters. The lowest BCUT2D eigenvalue weighted by Crippen LogP contribution is -2.39. The molecule has 0 nitrogen and oxygen atoms in total. The molecule has 2 heterocycles. The molecule has 2 aliphatic heterocycles. The van der Waals surface area contributed by atoms with Crippen molar-refractivity contribution in [3.8, 4) is 0 Å². The lowest BCUT2D eigenvalue weighted by molar-refractivity contribution is 0.868. The van der Waals surface area contributed by atoms with Gasteiger partial charge in [0.1, 0.15) is 7.28 Å². The van der Waals surface area contributed by atoms with Crippen LogP contribution in [0.1, 0.15) is 11.1 Å². The van der Waals surface area contributed by atoms with E-state index in [1.165, 1.54) is 11.1 Å². The summed E-state index contributed by atoms with van der Waals surface area (Å²) in [6.07, 6.45) is 0. The molecule has 2 aliphatic rings. The summed E-state index contributed by atoms with van der Waals surface area (Å²) in [5.74, 6) is 0. The Kier molecular flexibility index (Phi) is 4.93. The summed E-state index contributed by atoms with van der Waals surface area (Å²) in [5, 5.41) is -0.205. The fourth-order valence-corrected chi connectivity index (χ4v) is 3.70. The molecule has 0 N–H and O–H groups in total. The first-order valence-electron chi connectivity index (χ1n) is 8.39. The highest BCUT2D eigenvalue weighted by Crippen LogP contribution is 2.56. The Morgan fingerprint density at radius 3 is 1.25 bits per heavy atom. The highest BCUT2D eigenvalue weighted by Gasteiger charge is 2.66. The van der Waals surface area contributed by atoms with Gasteiger partial charge >= 0.3 is 0 Å². The van der Waals surface area contributed by atoms with E-state index in [-0.39, 0.29) is 10.4 Å². The van der Waals surface area contributed by atoms with E-state index in [4.69, 9.17) is 0 Å². The average molecular weight is 286 g/mol. The van der Waals surface area contributed by atoms with Gasteiger partial charge < -0.3 is 0 Å². The summed E-state index contributed by atoms with van der Waals surface area (Å²) in [5.41, 5.74) is 2.66. The molecular weight excluding hydrogens is 276 g/mol. The lowest BCUT2D eigenvalue weighted by Gasteiger charge is -2.29. The van der Waals surface area contributed by atoms with Crippen LogP contribution in [0.2, 0.25) is 0 Å². The van der Waals surface area contributed by atoms with Crippen molar-refractivity contribution in [2.75, 3.05) is 0 Å². The molecule has 24 heavy (non-hydrogen) atoms. The molecule has 10 heteroatoms. The summed E-state index contributed by atoms with van der Waals surface area (Å²) in [6.45, 7) is 0. The van der Waals surface area contributed by atoms with Crippen LogP contribution >= 0.6 is 0 Å². The first kappa shape index (κ1) is 16.6. The van der Waals surface area contributed by atoms with Crippen LogP contribution in [-0.4, -0.2) is 71.0 Å². The van der Waals surface area contributed by atoms with E-state index in [1.54, 1.807) is 0 Å². The summed E-state index contributed by atoms with van der Waals surface area (Å²) in [4.78, 5) is 0. The van der Waals surface area contributed by atoms with Crippen LogP contribution in [0.25, 0.3) is 0 Å². The number of hydrogen-bond acceptors (Lipinski definition) is 0. The summed E-state index contributed by atoms with van der Waals surface area (Å²) in [6, 6.07) is 21.6. The molecule has 2 saturated heterocycles. The molecular formula is C14H10B10. The third kappa shape index (κ3) is 2.91.